The first kappa shape index (κ1) is 26.9. The van der Waals surface area contributed by atoms with Gasteiger partial charge in [0.2, 0.25) is 0 Å². The monoisotopic (exact) mass is 529 g/mol. The van der Waals surface area contributed by atoms with Crippen LogP contribution in [-0.4, -0.2) is 85.9 Å². The van der Waals surface area contributed by atoms with E-state index in [4.69, 9.17) is 14.5 Å². The minimum absolute atomic E-state index is 0.0108. The number of benzene rings is 1. The third-order valence-electron chi connectivity index (χ3n) is 6.92. The summed E-state index contributed by atoms with van der Waals surface area (Å²) in [5.41, 5.74) is 2.89. The van der Waals surface area contributed by atoms with Crippen molar-refractivity contribution in [2.75, 3.05) is 51.9 Å². The van der Waals surface area contributed by atoms with E-state index in [9.17, 15) is 13.2 Å². The first-order valence-electron chi connectivity index (χ1n) is 12.5. The zero-order valence-electron chi connectivity index (χ0n) is 22.1. The molecule has 11 heteroatoms. The fourth-order valence-electron chi connectivity index (χ4n) is 4.82. The van der Waals surface area contributed by atoms with Gasteiger partial charge >= 0.3 is 0 Å². The predicted octanol–water partition coefficient (Wildman–Crippen LogP) is 2.86. The molecular weight excluding hydrogens is 494 g/mol. The summed E-state index contributed by atoms with van der Waals surface area (Å²) >= 11 is 0. The van der Waals surface area contributed by atoms with Crippen LogP contribution in [0.15, 0.2) is 24.3 Å². The van der Waals surface area contributed by atoms with Crippen molar-refractivity contribution in [1.82, 2.24) is 25.0 Å². The number of nitrogens with zero attached hydrogens (tertiary/aromatic N) is 4. The molecule has 1 amide bonds. The Balaban J connectivity index is 1.82. The molecule has 1 N–H and O–H groups in total. The molecule has 1 fully saturated rings. The zero-order chi connectivity index (χ0) is 26.7. The molecule has 1 unspecified atom stereocenters. The van der Waals surface area contributed by atoms with E-state index in [1.807, 2.05) is 19.1 Å². The Bertz CT molecular complexity index is 1400. The molecule has 1 saturated heterocycles. The highest BCUT2D eigenvalue weighted by Crippen LogP contribution is 2.35. The Morgan fingerprint density at radius 1 is 1.16 bits per heavy atom. The fourth-order valence-corrected chi connectivity index (χ4v) is 6.51. The van der Waals surface area contributed by atoms with Crippen LogP contribution in [0.4, 0.5) is 0 Å². The summed E-state index contributed by atoms with van der Waals surface area (Å²) in [7, 11) is -0.00632. The molecule has 0 saturated carbocycles. The average Bonchev–Trinajstić information content (AvgIpc) is 3.43. The maximum Gasteiger partial charge on any atom is 0.252 e. The normalized spacial score (nSPS) is 16.9. The van der Waals surface area contributed by atoms with E-state index in [-0.39, 0.29) is 23.5 Å². The van der Waals surface area contributed by atoms with Crippen LogP contribution in [0.3, 0.4) is 0 Å². The van der Waals surface area contributed by atoms with Crippen LogP contribution in [0.2, 0.25) is 0 Å². The first-order valence-corrected chi connectivity index (χ1v) is 14.4. The lowest BCUT2D eigenvalue weighted by atomic mass is 10.0. The number of ether oxygens (including phenoxy) is 2. The van der Waals surface area contributed by atoms with Crippen molar-refractivity contribution in [2.45, 2.75) is 33.2 Å². The highest BCUT2D eigenvalue weighted by Gasteiger charge is 2.32. The molecule has 3 aromatic rings. The molecule has 4 rings (SSSR count). The molecule has 0 bridgehead atoms. The lowest BCUT2D eigenvalue weighted by Gasteiger charge is -2.18. The van der Waals surface area contributed by atoms with Crippen molar-refractivity contribution in [3.05, 3.63) is 35.5 Å². The van der Waals surface area contributed by atoms with Crippen LogP contribution in [0.25, 0.3) is 22.3 Å². The van der Waals surface area contributed by atoms with Crippen LogP contribution < -0.4 is 14.8 Å². The Hall–Kier alpha value is -3.18. The summed E-state index contributed by atoms with van der Waals surface area (Å²) in [6, 6.07) is 6.89. The topological polar surface area (TPSA) is 116 Å². The molecule has 200 valence electrons. The van der Waals surface area contributed by atoms with E-state index in [1.54, 1.807) is 31.0 Å². The number of hydrogen-bond acceptors (Lipinski definition) is 8. The van der Waals surface area contributed by atoms with Gasteiger partial charge in [0.25, 0.3) is 5.91 Å². The first-order chi connectivity index (χ1) is 17.7. The lowest BCUT2D eigenvalue weighted by molar-refractivity contribution is 0.0950. The molecule has 0 aliphatic carbocycles. The van der Waals surface area contributed by atoms with Crippen LogP contribution in [0.1, 0.15) is 42.4 Å². The molecule has 37 heavy (non-hydrogen) atoms. The van der Waals surface area contributed by atoms with Gasteiger partial charge in [0, 0.05) is 18.7 Å². The van der Waals surface area contributed by atoms with E-state index in [0.29, 0.717) is 52.4 Å². The SMILES string of the molecule is CCN(CC)CCNC(=O)c1cc(-c2ccc(OC)c(OC)c2)nc2c1c(C)nn2C1CCS(=O)(=O)C1. The lowest BCUT2D eigenvalue weighted by Crippen LogP contribution is -2.34. The van der Waals surface area contributed by atoms with Gasteiger partial charge in [-0.3, -0.25) is 4.79 Å². The summed E-state index contributed by atoms with van der Waals surface area (Å²) in [6.45, 7) is 9.07. The number of pyridine rings is 1. The zero-order valence-corrected chi connectivity index (χ0v) is 22.9. The number of aryl methyl sites for hydroxylation is 1. The third kappa shape index (κ3) is 5.57. The van der Waals surface area contributed by atoms with Gasteiger partial charge in [0.15, 0.2) is 27.0 Å². The molecule has 2 aromatic heterocycles. The van der Waals surface area contributed by atoms with Crippen molar-refractivity contribution < 1.29 is 22.7 Å². The molecule has 10 nitrogen and oxygen atoms in total. The van der Waals surface area contributed by atoms with Gasteiger partial charge in [-0.2, -0.15) is 5.10 Å². The van der Waals surface area contributed by atoms with Crippen LogP contribution in [-0.2, 0) is 9.84 Å². The second kappa shape index (κ2) is 11.1. The number of likely N-dealkylation sites (N-methyl/N-ethyl adjacent to an activating group) is 1. The molecule has 3 heterocycles. The van der Waals surface area contributed by atoms with Crippen molar-refractivity contribution in [3.63, 3.8) is 0 Å². The molecule has 1 aromatic carbocycles. The second-order valence-electron chi connectivity index (χ2n) is 9.19. The maximum atomic E-state index is 13.5. The quantitative estimate of drug-likeness (QED) is 0.426. The molecule has 0 spiro atoms. The number of sulfone groups is 1. The van der Waals surface area contributed by atoms with Gasteiger partial charge in [-0.1, -0.05) is 13.8 Å². The molecule has 1 aliphatic rings. The number of carbonyl (C=O) groups is 1. The number of fused-ring (bicyclic) bond motifs is 1. The summed E-state index contributed by atoms with van der Waals surface area (Å²) in [6.07, 6.45) is 0.465. The van der Waals surface area contributed by atoms with Crippen molar-refractivity contribution in [1.29, 1.82) is 0 Å². The Labute approximate surface area is 217 Å². The van der Waals surface area contributed by atoms with Crippen molar-refractivity contribution >= 4 is 26.8 Å². The number of nitrogens with one attached hydrogen (secondary N) is 1. The summed E-state index contributed by atoms with van der Waals surface area (Å²) < 4.78 is 37.0. The number of amides is 1. The minimum Gasteiger partial charge on any atom is -0.493 e. The van der Waals surface area contributed by atoms with Crippen LogP contribution in [0.5, 0.6) is 11.5 Å². The number of rotatable bonds is 10. The fraction of sp³-hybridized carbons (Fsp3) is 0.500. The summed E-state index contributed by atoms with van der Waals surface area (Å²) in [4.78, 5) is 20.6. The Morgan fingerprint density at radius 2 is 1.89 bits per heavy atom. The number of methoxy groups -OCH3 is 2. The van der Waals surface area contributed by atoms with E-state index >= 15 is 0 Å². The molecule has 1 atom stereocenters. The Kier molecular flexibility index (Phi) is 8.03. The van der Waals surface area contributed by atoms with Gasteiger partial charge in [-0.05, 0) is 50.7 Å². The maximum absolute atomic E-state index is 13.5. The average molecular weight is 530 g/mol. The third-order valence-corrected chi connectivity index (χ3v) is 8.67. The smallest absolute Gasteiger partial charge is 0.252 e. The number of hydrogen-bond donors (Lipinski definition) is 1. The minimum atomic E-state index is -3.14. The highest BCUT2D eigenvalue weighted by molar-refractivity contribution is 7.91. The van der Waals surface area contributed by atoms with Crippen molar-refractivity contribution in [3.8, 4) is 22.8 Å². The van der Waals surface area contributed by atoms with Crippen LogP contribution >= 0.6 is 0 Å². The van der Waals surface area contributed by atoms with Gasteiger partial charge in [-0.15, -0.1) is 0 Å². The predicted molar refractivity (Wildman–Crippen MR) is 143 cm³/mol. The van der Waals surface area contributed by atoms with Gasteiger partial charge in [-0.25, -0.2) is 18.1 Å². The Morgan fingerprint density at radius 3 is 2.51 bits per heavy atom. The van der Waals surface area contributed by atoms with E-state index < -0.39 is 9.84 Å². The molecular formula is C26H35N5O5S. The summed E-state index contributed by atoms with van der Waals surface area (Å²) in [5.74, 6) is 1.03. The molecule has 0 radical (unpaired) electrons. The largest absolute Gasteiger partial charge is 0.493 e. The van der Waals surface area contributed by atoms with Crippen molar-refractivity contribution in [2.24, 2.45) is 0 Å². The summed E-state index contributed by atoms with van der Waals surface area (Å²) in [5, 5.41) is 8.34. The van der Waals surface area contributed by atoms with Gasteiger partial charge in [0.05, 0.1) is 54.1 Å². The van der Waals surface area contributed by atoms with Crippen LogP contribution in [0, 0.1) is 6.92 Å². The van der Waals surface area contributed by atoms with E-state index in [0.717, 1.165) is 25.2 Å². The van der Waals surface area contributed by atoms with Gasteiger partial charge in [0.1, 0.15) is 0 Å². The van der Waals surface area contributed by atoms with E-state index in [1.165, 1.54) is 0 Å². The van der Waals surface area contributed by atoms with E-state index in [2.05, 4.69) is 29.2 Å². The second-order valence-corrected chi connectivity index (χ2v) is 11.4. The van der Waals surface area contributed by atoms with Gasteiger partial charge < -0.3 is 19.7 Å². The molecule has 1 aliphatic heterocycles. The highest BCUT2D eigenvalue weighted by atomic mass is 32.2. The number of carbonyl (C=O) groups excluding carboxylic acids is 1. The number of aromatic nitrogens is 3. The standard InChI is InChI=1S/C26H35N5O5S/c1-6-30(7-2)12-11-27-26(32)20-15-21(18-8-9-22(35-4)23(14-18)36-5)28-25-24(20)17(3)29-31(25)19-10-13-37(33,34)16-19/h8-9,14-15,19H,6-7,10-13,16H2,1-5H3,(H,27,32).